The van der Waals surface area contributed by atoms with Gasteiger partial charge in [0.1, 0.15) is 0 Å². The molecule has 0 saturated heterocycles. The summed E-state index contributed by atoms with van der Waals surface area (Å²) >= 11 is 4.93. The maximum Gasteiger partial charge on any atom is 0.0361 e. The van der Waals surface area contributed by atoms with E-state index >= 15 is 0 Å². The van der Waals surface area contributed by atoms with Crippen molar-refractivity contribution in [2.24, 2.45) is 4.51 Å². The number of hydrogen-bond acceptors (Lipinski definition) is 2. The summed E-state index contributed by atoms with van der Waals surface area (Å²) in [7, 11) is 0. The van der Waals surface area contributed by atoms with Crippen molar-refractivity contribution in [1.82, 2.24) is 0 Å². The second-order valence-electron chi connectivity index (χ2n) is 1.06. The van der Waals surface area contributed by atoms with Gasteiger partial charge in [-0.15, -0.1) is 0 Å². The van der Waals surface area contributed by atoms with Crippen molar-refractivity contribution in [3.05, 3.63) is 0 Å². The zero-order valence-corrected chi connectivity index (χ0v) is 4.65. The highest BCUT2D eigenvalue weighted by Gasteiger charge is 1.71. The van der Waals surface area contributed by atoms with E-state index in [1.54, 1.807) is 6.21 Å². The van der Waals surface area contributed by atoms with Gasteiger partial charge < -0.3 is 5.41 Å². The summed E-state index contributed by atoms with van der Waals surface area (Å²) in [5.74, 6) is 0. The van der Waals surface area contributed by atoms with E-state index in [0.717, 1.165) is 12.8 Å². The molecule has 0 aromatic rings. The van der Waals surface area contributed by atoms with Gasteiger partial charge in [-0.2, -0.15) is 4.51 Å². The van der Waals surface area contributed by atoms with Crippen LogP contribution in [0.2, 0.25) is 0 Å². The number of unbranched alkanes of at least 4 members (excludes halogenated alkanes) is 1. The molecular formula is C4H7ClN2. The summed E-state index contributed by atoms with van der Waals surface area (Å²) in [6, 6.07) is 0. The molecule has 0 aromatic carbocycles. The molecule has 0 spiro atoms. The highest BCUT2D eigenvalue weighted by Crippen LogP contribution is 1.80. The Balaban J connectivity index is 2.82. The highest BCUT2D eigenvalue weighted by atomic mass is 35.5. The minimum atomic E-state index is 0.732. The molecule has 0 aliphatic carbocycles. The van der Waals surface area contributed by atoms with Gasteiger partial charge in [-0.05, 0) is 19.1 Å². The first-order valence-corrected chi connectivity index (χ1v) is 2.37. The molecular weight excluding hydrogens is 112 g/mol. The lowest BCUT2D eigenvalue weighted by Crippen LogP contribution is -1.73. The maximum absolute atomic E-state index is 6.55. The van der Waals surface area contributed by atoms with Gasteiger partial charge >= 0.3 is 0 Å². The molecule has 0 saturated carbocycles. The molecule has 0 heterocycles. The summed E-state index contributed by atoms with van der Waals surface area (Å²) in [4.78, 5) is 0. The third-order valence-corrected chi connectivity index (χ3v) is 0.647. The van der Waals surface area contributed by atoms with E-state index in [9.17, 15) is 0 Å². The van der Waals surface area contributed by atoms with Gasteiger partial charge in [-0.25, -0.2) is 0 Å². The van der Waals surface area contributed by atoms with E-state index in [1.807, 2.05) is 0 Å². The quantitative estimate of drug-likeness (QED) is 0.432. The number of rotatable bonds is 3. The van der Waals surface area contributed by atoms with Crippen LogP contribution in [0.1, 0.15) is 12.8 Å². The highest BCUT2D eigenvalue weighted by molar-refractivity contribution is 6.17. The van der Waals surface area contributed by atoms with Gasteiger partial charge in [0.25, 0.3) is 0 Å². The maximum atomic E-state index is 6.55. The molecule has 0 aliphatic rings. The molecule has 0 atom stereocenters. The fraction of sp³-hybridized carbons (Fsp3) is 0.500. The van der Waals surface area contributed by atoms with Gasteiger partial charge in [0.15, 0.2) is 0 Å². The third-order valence-electron chi connectivity index (χ3n) is 0.509. The molecule has 0 radical (unpaired) electrons. The van der Waals surface area contributed by atoms with Crippen LogP contribution in [-0.2, 0) is 0 Å². The van der Waals surface area contributed by atoms with E-state index < -0.39 is 0 Å². The van der Waals surface area contributed by atoms with E-state index in [-0.39, 0.29) is 0 Å². The molecule has 0 aromatic heterocycles. The Morgan fingerprint density at radius 1 is 1.57 bits per heavy atom. The number of nitrogens with zero attached hydrogens (tertiary/aromatic N) is 1. The Bertz CT molecular complexity index is 70.1. The first kappa shape index (κ1) is 6.63. The van der Waals surface area contributed by atoms with Crippen molar-refractivity contribution in [2.75, 3.05) is 0 Å². The predicted molar refractivity (Wildman–Crippen MR) is 32.4 cm³/mol. The van der Waals surface area contributed by atoms with Crippen LogP contribution < -0.4 is 0 Å². The topological polar surface area (TPSA) is 36.2 Å². The van der Waals surface area contributed by atoms with Crippen LogP contribution in [-0.4, -0.2) is 12.4 Å². The van der Waals surface area contributed by atoms with Crippen LogP contribution in [0.4, 0.5) is 0 Å². The van der Waals surface area contributed by atoms with Crippen molar-refractivity contribution in [3.63, 3.8) is 0 Å². The Morgan fingerprint density at radius 3 is 2.71 bits per heavy atom. The van der Waals surface area contributed by atoms with Crippen LogP contribution in [0.5, 0.6) is 0 Å². The van der Waals surface area contributed by atoms with Crippen molar-refractivity contribution < 1.29 is 0 Å². The fourth-order valence-corrected chi connectivity index (χ4v) is 0.304. The van der Waals surface area contributed by atoms with Crippen LogP contribution in [0.3, 0.4) is 0 Å². The van der Waals surface area contributed by atoms with Crippen LogP contribution in [0, 0.1) is 5.41 Å². The zero-order valence-electron chi connectivity index (χ0n) is 3.89. The van der Waals surface area contributed by atoms with E-state index in [1.165, 1.54) is 6.21 Å². The molecule has 0 unspecified atom stereocenters. The SMILES string of the molecule is N=CCCC=NCl. The van der Waals surface area contributed by atoms with E-state index in [4.69, 9.17) is 17.2 Å². The minimum absolute atomic E-state index is 0.732. The molecule has 0 bridgehead atoms. The van der Waals surface area contributed by atoms with Gasteiger partial charge in [-0.3, -0.25) is 0 Å². The summed E-state index contributed by atoms with van der Waals surface area (Å²) in [6.45, 7) is 0. The van der Waals surface area contributed by atoms with Crippen LogP contribution in [0.15, 0.2) is 4.51 Å². The second kappa shape index (κ2) is 5.63. The fourth-order valence-electron chi connectivity index (χ4n) is 0.207. The first-order chi connectivity index (χ1) is 3.41. The predicted octanol–water partition coefficient (Wildman–Crippen LogP) is 1.64. The Morgan fingerprint density at radius 2 is 2.29 bits per heavy atom. The molecule has 0 aliphatic heterocycles. The Kier molecular flexibility index (Phi) is 5.33. The van der Waals surface area contributed by atoms with E-state index in [2.05, 4.69) is 4.51 Å². The van der Waals surface area contributed by atoms with Crippen molar-refractivity contribution >= 4 is 24.2 Å². The molecule has 0 rings (SSSR count). The summed E-state index contributed by atoms with van der Waals surface area (Å²) in [5, 5.41) is 6.55. The number of nitrogens with one attached hydrogen (secondary N) is 1. The molecule has 0 fully saturated rings. The molecule has 2 nitrogen and oxygen atoms in total. The molecule has 40 valence electrons. The standard InChI is InChI=1S/C4H7ClN2/c5-7-4-2-1-3-6/h3-4,6H,1-2H2. The van der Waals surface area contributed by atoms with Gasteiger partial charge in [-0.1, -0.05) is 0 Å². The van der Waals surface area contributed by atoms with Gasteiger partial charge in [0.05, 0.1) is 0 Å². The van der Waals surface area contributed by atoms with Crippen molar-refractivity contribution in [3.8, 4) is 0 Å². The summed E-state index contributed by atoms with van der Waals surface area (Å²) in [5.41, 5.74) is 0. The lowest BCUT2D eigenvalue weighted by molar-refractivity contribution is 1.18. The molecule has 3 heteroatoms. The summed E-state index contributed by atoms with van der Waals surface area (Å²) < 4.78 is 3.22. The first-order valence-electron chi connectivity index (χ1n) is 2.03. The van der Waals surface area contributed by atoms with Crippen LogP contribution >= 0.6 is 11.8 Å². The van der Waals surface area contributed by atoms with Crippen LogP contribution in [0.25, 0.3) is 0 Å². The normalized spacial score (nSPS) is 9.86. The Hall–Kier alpha value is -0.370. The Labute approximate surface area is 47.8 Å². The van der Waals surface area contributed by atoms with E-state index in [0.29, 0.717) is 0 Å². The monoisotopic (exact) mass is 118 g/mol. The molecule has 0 amide bonds. The number of hydrogen-bond donors (Lipinski definition) is 1. The lowest BCUT2D eigenvalue weighted by Gasteiger charge is -1.76. The second-order valence-corrected chi connectivity index (χ2v) is 1.26. The zero-order chi connectivity index (χ0) is 5.54. The lowest BCUT2D eigenvalue weighted by atomic mass is 10.4. The smallest absolute Gasteiger partial charge is 0.0361 e. The van der Waals surface area contributed by atoms with Gasteiger partial charge in [0.2, 0.25) is 0 Å². The number of halogens is 1. The van der Waals surface area contributed by atoms with Crippen molar-refractivity contribution in [2.45, 2.75) is 12.8 Å². The minimum Gasteiger partial charge on any atom is -0.313 e. The molecule has 7 heavy (non-hydrogen) atoms. The van der Waals surface area contributed by atoms with Crippen molar-refractivity contribution in [1.29, 1.82) is 5.41 Å². The third kappa shape index (κ3) is 5.63. The summed E-state index contributed by atoms with van der Waals surface area (Å²) in [6.07, 6.45) is 4.41. The molecule has 1 N–H and O–H groups in total. The average molecular weight is 119 g/mol. The average Bonchev–Trinajstić information content (AvgIpc) is 1.69. The van der Waals surface area contributed by atoms with Gasteiger partial charge in [0, 0.05) is 18.0 Å². The largest absolute Gasteiger partial charge is 0.313 e.